The van der Waals surface area contributed by atoms with Crippen molar-refractivity contribution in [2.75, 3.05) is 13.7 Å². The molecule has 0 spiro atoms. The van der Waals surface area contributed by atoms with E-state index in [0.717, 1.165) is 42.8 Å². The lowest BCUT2D eigenvalue weighted by molar-refractivity contribution is -0.122. The molecule has 0 bridgehead atoms. The van der Waals surface area contributed by atoms with Crippen LogP contribution in [0.4, 0.5) is 0 Å². The molecule has 0 unspecified atom stereocenters. The van der Waals surface area contributed by atoms with Crippen LogP contribution in [-0.4, -0.2) is 41.0 Å². The zero-order valence-corrected chi connectivity index (χ0v) is 16.8. The van der Waals surface area contributed by atoms with Crippen molar-refractivity contribution >= 4 is 6.47 Å². The van der Waals surface area contributed by atoms with Gasteiger partial charge >= 0.3 is 0 Å². The van der Waals surface area contributed by atoms with Gasteiger partial charge in [0.25, 0.3) is 6.47 Å². The molecule has 0 amide bonds. The van der Waals surface area contributed by atoms with Gasteiger partial charge in [-0.25, -0.2) is 4.98 Å². The largest absolute Gasteiger partial charge is 0.493 e. The Kier molecular flexibility index (Phi) is 7.09. The molecule has 4 rings (SSSR count). The Balaban J connectivity index is 0.000000706. The van der Waals surface area contributed by atoms with Gasteiger partial charge in [0.05, 0.1) is 18.3 Å². The summed E-state index contributed by atoms with van der Waals surface area (Å²) in [6.45, 7) is 2.49. The predicted molar refractivity (Wildman–Crippen MR) is 108 cm³/mol. The fraction of sp³-hybridized carbons (Fsp3) is 0.545. The van der Waals surface area contributed by atoms with Crippen molar-refractivity contribution in [3.8, 4) is 17.1 Å². The minimum absolute atomic E-state index is 0.250. The van der Waals surface area contributed by atoms with Crippen LogP contribution in [0.15, 0.2) is 24.5 Å². The molecule has 28 heavy (non-hydrogen) atoms. The molecule has 2 aliphatic carbocycles. The Morgan fingerprint density at radius 3 is 2.54 bits per heavy atom. The van der Waals surface area contributed by atoms with Gasteiger partial charge in [-0.15, -0.1) is 0 Å². The molecule has 152 valence electrons. The Morgan fingerprint density at radius 1 is 1.21 bits per heavy atom. The first-order valence-corrected chi connectivity index (χ1v) is 10.1. The molecule has 1 aromatic carbocycles. The quantitative estimate of drug-likeness (QED) is 0.777. The maximum atomic E-state index is 8.36. The molecule has 0 saturated heterocycles. The summed E-state index contributed by atoms with van der Waals surface area (Å²) in [7, 11) is 1.83. The first kappa shape index (κ1) is 20.4. The first-order valence-electron chi connectivity index (χ1n) is 10.1. The monoisotopic (exact) mass is 386 g/mol. The molecule has 2 aromatic rings. The van der Waals surface area contributed by atoms with Gasteiger partial charge in [0.1, 0.15) is 11.6 Å². The summed E-state index contributed by atoms with van der Waals surface area (Å²) in [6, 6.07) is 5.08. The number of methoxy groups -OCH3 is 1. The zero-order chi connectivity index (χ0) is 19.9. The Labute approximate surface area is 166 Å². The van der Waals surface area contributed by atoms with Gasteiger partial charge in [-0.2, -0.15) is 0 Å². The van der Waals surface area contributed by atoms with Crippen LogP contribution in [0, 0.1) is 0 Å². The second-order valence-corrected chi connectivity index (χ2v) is 7.33. The van der Waals surface area contributed by atoms with Crippen LogP contribution in [0.1, 0.15) is 56.2 Å². The molecule has 6 nitrogen and oxygen atoms in total. The van der Waals surface area contributed by atoms with Gasteiger partial charge in [-0.05, 0) is 75.1 Å². The number of nitrogens with zero attached hydrogens (tertiary/aromatic N) is 2. The fourth-order valence-corrected chi connectivity index (χ4v) is 4.43. The standard InChI is InChI=1S/C21H28N2O2.CH2O2/c1-3-25-20-14-16-6-4-5-15(16)13-19(20)21-22-11-12-23(21)17-7-9-18(24-2)10-8-17;2-1-3/h11-14,17-18H,3-10H2,1-2H3;1H,(H,2,3). The van der Waals surface area contributed by atoms with Crippen LogP contribution < -0.4 is 4.74 Å². The molecule has 0 aliphatic heterocycles. The molecule has 2 aliphatic rings. The molecule has 0 radical (unpaired) electrons. The van der Waals surface area contributed by atoms with Crippen LogP contribution in [0.25, 0.3) is 11.4 Å². The average molecular weight is 386 g/mol. The summed E-state index contributed by atoms with van der Waals surface area (Å²) in [5, 5.41) is 6.89. The number of benzene rings is 1. The summed E-state index contributed by atoms with van der Waals surface area (Å²) in [5.41, 5.74) is 4.07. The van der Waals surface area contributed by atoms with E-state index in [2.05, 4.69) is 29.8 Å². The maximum absolute atomic E-state index is 8.36. The van der Waals surface area contributed by atoms with Crippen molar-refractivity contribution in [2.45, 2.75) is 64.0 Å². The lowest BCUT2D eigenvalue weighted by Gasteiger charge is -2.29. The smallest absolute Gasteiger partial charge is 0.290 e. The molecule has 1 saturated carbocycles. The highest BCUT2D eigenvalue weighted by Gasteiger charge is 2.25. The number of fused-ring (bicyclic) bond motifs is 1. The van der Waals surface area contributed by atoms with Crippen LogP contribution in [0.2, 0.25) is 0 Å². The molecule has 1 aromatic heterocycles. The zero-order valence-electron chi connectivity index (χ0n) is 16.8. The van der Waals surface area contributed by atoms with Crippen LogP contribution in [0.3, 0.4) is 0 Å². The highest BCUT2D eigenvalue weighted by atomic mass is 16.5. The second-order valence-electron chi connectivity index (χ2n) is 7.33. The summed E-state index contributed by atoms with van der Waals surface area (Å²) < 4.78 is 13.9. The van der Waals surface area contributed by atoms with Crippen LogP contribution >= 0.6 is 0 Å². The van der Waals surface area contributed by atoms with E-state index in [1.165, 1.54) is 30.4 Å². The number of aromatic nitrogens is 2. The van der Waals surface area contributed by atoms with Gasteiger partial charge < -0.3 is 19.1 Å². The first-order chi connectivity index (χ1) is 13.7. The van der Waals surface area contributed by atoms with E-state index >= 15 is 0 Å². The lowest BCUT2D eigenvalue weighted by atomic mass is 9.92. The normalized spacial score (nSPS) is 20.8. The Bertz CT molecular complexity index is 779. The van der Waals surface area contributed by atoms with E-state index in [9.17, 15) is 0 Å². The highest BCUT2D eigenvalue weighted by molar-refractivity contribution is 5.67. The van der Waals surface area contributed by atoms with E-state index < -0.39 is 0 Å². The van der Waals surface area contributed by atoms with Gasteiger partial charge in [0.2, 0.25) is 0 Å². The molecular weight excluding hydrogens is 356 g/mol. The Hall–Kier alpha value is -2.34. The third-order valence-corrected chi connectivity index (χ3v) is 5.77. The third-order valence-electron chi connectivity index (χ3n) is 5.77. The number of hydrogen-bond donors (Lipinski definition) is 1. The minimum Gasteiger partial charge on any atom is -0.493 e. The summed E-state index contributed by atoms with van der Waals surface area (Å²) in [4.78, 5) is 13.1. The molecule has 1 fully saturated rings. The van der Waals surface area contributed by atoms with Crippen LogP contribution in [-0.2, 0) is 22.4 Å². The van der Waals surface area contributed by atoms with Crippen molar-refractivity contribution in [3.05, 3.63) is 35.7 Å². The molecule has 0 atom stereocenters. The van der Waals surface area contributed by atoms with E-state index in [4.69, 9.17) is 24.4 Å². The topological polar surface area (TPSA) is 73.6 Å². The molecule has 6 heteroatoms. The summed E-state index contributed by atoms with van der Waals surface area (Å²) in [6.07, 6.45) is 12.6. The SMILES string of the molecule is CCOc1cc2c(cc1-c1nccn1C1CCC(OC)CC1)CCC2.O=CO. The number of carbonyl (C=O) groups is 1. The van der Waals surface area contributed by atoms with E-state index in [1.807, 2.05) is 13.3 Å². The maximum Gasteiger partial charge on any atom is 0.290 e. The van der Waals surface area contributed by atoms with Crippen molar-refractivity contribution in [3.63, 3.8) is 0 Å². The van der Waals surface area contributed by atoms with E-state index in [0.29, 0.717) is 18.8 Å². The fourth-order valence-electron chi connectivity index (χ4n) is 4.43. The van der Waals surface area contributed by atoms with Crippen molar-refractivity contribution in [1.29, 1.82) is 0 Å². The van der Waals surface area contributed by atoms with Crippen molar-refractivity contribution < 1.29 is 19.4 Å². The number of hydrogen-bond acceptors (Lipinski definition) is 4. The van der Waals surface area contributed by atoms with Gasteiger partial charge in [0.15, 0.2) is 0 Å². The Morgan fingerprint density at radius 2 is 1.89 bits per heavy atom. The number of ether oxygens (including phenoxy) is 2. The number of aryl methyl sites for hydroxylation is 2. The van der Waals surface area contributed by atoms with Gasteiger partial charge in [-0.3, -0.25) is 4.79 Å². The van der Waals surface area contributed by atoms with Crippen LogP contribution in [0.5, 0.6) is 5.75 Å². The van der Waals surface area contributed by atoms with Crippen molar-refractivity contribution in [2.24, 2.45) is 0 Å². The molecule has 1 N–H and O–H groups in total. The summed E-state index contributed by atoms with van der Waals surface area (Å²) >= 11 is 0. The van der Waals surface area contributed by atoms with Gasteiger partial charge in [-0.1, -0.05) is 0 Å². The van der Waals surface area contributed by atoms with Gasteiger partial charge in [0, 0.05) is 25.5 Å². The average Bonchev–Trinajstić information content (AvgIpc) is 3.37. The molecular formula is C22H30N2O4. The highest BCUT2D eigenvalue weighted by Crippen LogP contribution is 2.39. The van der Waals surface area contributed by atoms with E-state index in [-0.39, 0.29) is 6.47 Å². The second kappa shape index (κ2) is 9.73. The number of rotatable bonds is 5. The number of carboxylic acid groups (broad SMARTS) is 1. The predicted octanol–water partition coefficient (Wildman–Crippen LogP) is 4.27. The molecule has 1 heterocycles. The van der Waals surface area contributed by atoms with E-state index in [1.54, 1.807) is 0 Å². The third kappa shape index (κ3) is 4.38. The number of imidazole rings is 1. The van der Waals surface area contributed by atoms with Crippen molar-refractivity contribution in [1.82, 2.24) is 9.55 Å². The summed E-state index contributed by atoms with van der Waals surface area (Å²) in [5.74, 6) is 2.04. The minimum atomic E-state index is -0.250. The lowest BCUT2D eigenvalue weighted by Crippen LogP contribution is -2.22.